The van der Waals surface area contributed by atoms with E-state index in [0.717, 1.165) is 16.4 Å². The van der Waals surface area contributed by atoms with E-state index in [1.165, 1.54) is 10.5 Å². The van der Waals surface area contributed by atoms with E-state index in [1.54, 1.807) is 11.8 Å². The van der Waals surface area contributed by atoms with E-state index in [2.05, 4.69) is 31.2 Å². The van der Waals surface area contributed by atoms with Crippen molar-refractivity contribution in [3.05, 3.63) is 48.0 Å². The maximum absolute atomic E-state index is 6.00. The zero-order chi connectivity index (χ0) is 16.4. The predicted molar refractivity (Wildman–Crippen MR) is 87.5 cm³/mol. The number of hydrogen-bond donors (Lipinski definition) is 0. The minimum atomic E-state index is 0.662. The molecule has 2 aromatic rings. The maximum atomic E-state index is 6.00. The lowest BCUT2D eigenvalue weighted by atomic mass is 10.2. The number of ether oxygens (including phenoxy) is 2. The van der Waals surface area contributed by atoms with E-state index in [1.807, 2.05) is 32.0 Å². The van der Waals surface area contributed by atoms with Gasteiger partial charge in [0.1, 0.15) is 11.5 Å². The van der Waals surface area contributed by atoms with Gasteiger partial charge in [0.15, 0.2) is 0 Å². The van der Waals surface area contributed by atoms with Crippen molar-refractivity contribution < 1.29 is 9.47 Å². The smallest absolute Gasteiger partial charge is 0.133 e. The van der Waals surface area contributed by atoms with E-state index in [-0.39, 0.29) is 0 Å². The quantitative estimate of drug-likeness (QED) is 0.704. The summed E-state index contributed by atoms with van der Waals surface area (Å²) in [4.78, 5) is 2.28. The molecule has 0 radical (unpaired) electrons. The number of benzene rings is 2. The Morgan fingerprint density at radius 1 is 0.909 bits per heavy atom. The van der Waals surface area contributed by atoms with Gasteiger partial charge in [0.25, 0.3) is 0 Å². The molecule has 0 aromatic heterocycles. The van der Waals surface area contributed by atoms with E-state index < -0.39 is 0 Å². The van der Waals surface area contributed by atoms with Crippen LogP contribution in [-0.4, -0.2) is 13.2 Å². The average Bonchev–Trinajstić information content (AvgIpc) is 2.54. The van der Waals surface area contributed by atoms with Crippen molar-refractivity contribution in [2.24, 2.45) is 0 Å². The molecule has 0 aliphatic rings. The number of aryl methyl sites for hydroxylation is 1. The van der Waals surface area contributed by atoms with E-state index in [0.29, 0.717) is 13.2 Å². The van der Waals surface area contributed by atoms with Crippen molar-refractivity contribution in [3.63, 3.8) is 0 Å². The molecule has 0 saturated carbocycles. The first kappa shape index (κ1) is 17.9. The van der Waals surface area contributed by atoms with Crippen LogP contribution in [-0.2, 0) is 0 Å². The molecule has 0 aliphatic carbocycles. The summed E-state index contributed by atoms with van der Waals surface area (Å²) in [5.41, 5.74) is 1.27. The van der Waals surface area contributed by atoms with Crippen LogP contribution in [0.25, 0.3) is 0 Å². The molecule has 0 amide bonds. The van der Waals surface area contributed by atoms with Gasteiger partial charge in [-0.15, -0.1) is 0 Å². The van der Waals surface area contributed by atoms with Crippen LogP contribution in [0.2, 0.25) is 0 Å². The lowest BCUT2D eigenvalue weighted by Gasteiger charge is -2.12. The Hall–Kier alpha value is -2.19. The normalized spacial score (nSPS) is 9.50. The number of rotatable bonds is 6. The van der Waals surface area contributed by atoms with Crippen molar-refractivity contribution in [1.82, 2.24) is 0 Å². The summed E-state index contributed by atoms with van der Waals surface area (Å²) in [6.45, 7) is 7.41. The standard InChI is InChI=1S/C17H20O2S.N2/c1-4-18-14-8-11-16(19-5-2)17(12-14)20-15-9-6-13(3)7-10-15;1-2/h6-12H,4-5H2,1-3H3;. The van der Waals surface area contributed by atoms with Gasteiger partial charge < -0.3 is 9.47 Å². The minimum Gasteiger partial charge on any atom is -0.494 e. The highest BCUT2D eigenvalue weighted by atomic mass is 32.2. The molecule has 0 bridgehead atoms. The molecule has 0 saturated heterocycles. The van der Waals surface area contributed by atoms with E-state index in [9.17, 15) is 0 Å². The molecular formula is C17H20N2O2S. The van der Waals surface area contributed by atoms with Gasteiger partial charge in [0.05, 0.1) is 18.1 Å². The van der Waals surface area contributed by atoms with Crippen LogP contribution >= 0.6 is 11.8 Å². The Balaban J connectivity index is 0.00000116. The maximum Gasteiger partial charge on any atom is 0.133 e. The molecule has 2 aromatic carbocycles. The molecule has 0 heterocycles. The van der Waals surface area contributed by atoms with Gasteiger partial charge in [-0.3, -0.25) is 0 Å². The van der Waals surface area contributed by atoms with Crippen LogP contribution in [0.1, 0.15) is 19.4 Å². The van der Waals surface area contributed by atoms with Crippen LogP contribution in [0.4, 0.5) is 0 Å². The van der Waals surface area contributed by atoms with E-state index >= 15 is 0 Å². The summed E-state index contributed by atoms with van der Waals surface area (Å²) in [6.07, 6.45) is 0. The predicted octanol–water partition coefficient (Wildman–Crippen LogP) is 4.97. The first-order valence-corrected chi connectivity index (χ1v) is 7.88. The fraction of sp³-hybridized carbons (Fsp3) is 0.294. The van der Waals surface area contributed by atoms with Crippen LogP contribution in [0.15, 0.2) is 52.3 Å². The highest BCUT2D eigenvalue weighted by Crippen LogP contribution is 2.37. The van der Waals surface area contributed by atoms with Gasteiger partial charge in [-0.05, 0) is 51.1 Å². The van der Waals surface area contributed by atoms with Gasteiger partial charge in [0, 0.05) is 15.7 Å². The van der Waals surface area contributed by atoms with Crippen molar-refractivity contribution >= 4 is 11.8 Å². The summed E-state index contributed by atoms with van der Waals surface area (Å²) >= 11 is 1.70. The highest BCUT2D eigenvalue weighted by Gasteiger charge is 2.08. The van der Waals surface area contributed by atoms with Gasteiger partial charge in [-0.1, -0.05) is 29.5 Å². The topological polar surface area (TPSA) is 66.0 Å². The summed E-state index contributed by atoms with van der Waals surface area (Å²) in [5.74, 6) is 1.78. The largest absolute Gasteiger partial charge is 0.494 e. The third-order valence-corrected chi connectivity index (χ3v) is 3.82. The molecule has 0 N–H and O–H groups in total. The third kappa shape index (κ3) is 5.30. The molecule has 0 aliphatic heterocycles. The van der Waals surface area contributed by atoms with Crippen molar-refractivity contribution in [2.45, 2.75) is 30.6 Å². The molecule has 4 nitrogen and oxygen atoms in total. The SMILES string of the molecule is CCOc1ccc(OCC)c(Sc2ccc(C)cc2)c1.N#N. The zero-order valence-corrected chi connectivity index (χ0v) is 13.9. The average molecular weight is 316 g/mol. The lowest BCUT2D eigenvalue weighted by molar-refractivity contribution is 0.323. The number of nitrogens with zero attached hydrogens (tertiary/aromatic N) is 2. The molecular weight excluding hydrogens is 296 g/mol. The molecule has 2 rings (SSSR count). The van der Waals surface area contributed by atoms with Gasteiger partial charge in [-0.2, -0.15) is 0 Å². The molecule has 0 spiro atoms. The van der Waals surface area contributed by atoms with Crippen LogP contribution < -0.4 is 9.47 Å². The molecule has 5 heteroatoms. The van der Waals surface area contributed by atoms with Gasteiger partial charge in [0.2, 0.25) is 0 Å². The molecule has 0 fully saturated rings. The Kier molecular flexibility index (Phi) is 7.87. The fourth-order valence-corrected chi connectivity index (χ4v) is 2.76. The Morgan fingerprint density at radius 2 is 1.55 bits per heavy atom. The number of hydrogen-bond acceptors (Lipinski definition) is 5. The Morgan fingerprint density at radius 3 is 2.14 bits per heavy atom. The van der Waals surface area contributed by atoms with Crippen LogP contribution in [0.5, 0.6) is 11.5 Å². The van der Waals surface area contributed by atoms with Crippen molar-refractivity contribution in [1.29, 1.82) is 10.8 Å². The summed E-state index contributed by atoms with van der Waals surface area (Å²) in [6, 6.07) is 14.5. The third-order valence-electron chi connectivity index (χ3n) is 2.77. The molecule has 0 atom stereocenters. The highest BCUT2D eigenvalue weighted by molar-refractivity contribution is 7.99. The molecule has 22 heavy (non-hydrogen) atoms. The van der Waals surface area contributed by atoms with Crippen molar-refractivity contribution in [3.8, 4) is 11.5 Å². The fourth-order valence-electron chi connectivity index (χ4n) is 1.83. The summed E-state index contributed by atoms with van der Waals surface area (Å²) < 4.78 is 11.3. The van der Waals surface area contributed by atoms with Crippen molar-refractivity contribution in [2.75, 3.05) is 13.2 Å². The Bertz CT molecular complexity index is 597. The van der Waals surface area contributed by atoms with E-state index in [4.69, 9.17) is 20.3 Å². The Labute approximate surface area is 135 Å². The first-order valence-electron chi connectivity index (χ1n) is 7.07. The molecule has 116 valence electrons. The summed E-state index contributed by atoms with van der Waals surface area (Å²) in [5, 5.41) is 12.0. The van der Waals surface area contributed by atoms with Crippen LogP contribution in [0, 0.1) is 17.7 Å². The lowest BCUT2D eigenvalue weighted by Crippen LogP contribution is -1.96. The summed E-state index contributed by atoms with van der Waals surface area (Å²) in [7, 11) is 0. The second-order valence-corrected chi connectivity index (χ2v) is 5.51. The van der Waals surface area contributed by atoms with Crippen LogP contribution in [0.3, 0.4) is 0 Å². The monoisotopic (exact) mass is 316 g/mol. The zero-order valence-electron chi connectivity index (χ0n) is 13.1. The second-order valence-electron chi connectivity index (χ2n) is 4.39. The minimum absolute atomic E-state index is 0.662. The first-order chi connectivity index (χ1) is 10.7. The molecule has 0 unspecified atom stereocenters. The van der Waals surface area contributed by atoms with Gasteiger partial charge >= 0.3 is 0 Å². The second kappa shape index (κ2) is 9.69. The van der Waals surface area contributed by atoms with Gasteiger partial charge in [-0.25, -0.2) is 0 Å².